The van der Waals surface area contributed by atoms with E-state index in [1.807, 2.05) is 30.3 Å². The molecule has 0 spiro atoms. The molecule has 0 unspecified atom stereocenters. The van der Waals surface area contributed by atoms with E-state index in [0.717, 1.165) is 11.1 Å². The standard InChI is InChI=1S/C29H21Br2NO6/c1-14-22(29(36)37-2)23(24-25(32-14)18-5-3-4-6-19(18)26(24)33)17-11-20(30)27(21(31)12-17)38-13-15-7-9-16(10-8-15)28(34)35/h3-12,23,32H,13H2,1-2H3,(H,34,35)/t23-/m1/s1. The van der Waals surface area contributed by atoms with Gasteiger partial charge in [0.05, 0.1) is 32.9 Å². The minimum absolute atomic E-state index is 0.139. The van der Waals surface area contributed by atoms with Crippen LogP contribution in [0, 0.1) is 0 Å². The normalized spacial score (nSPS) is 16.1. The summed E-state index contributed by atoms with van der Waals surface area (Å²) in [6, 6.07) is 17.5. The first-order chi connectivity index (χ1) is 18.2. The molecule has 0 amide bonds. The largest absolute Gasteiger partial charge is 0.487 e. The molecule has 0 bridgehead atoms. The van der Waals surface area contributed by atoms with E-state index in [0.29, 0.717) is 48.4 Å². The van der Waals surface area contributed by atoms with E-state index in [1.54, 1.807) is 25.1 Å². The molecule has 192 valence electrons. The van der Waals surface area contributed by atoms with Crippen molar-refractivity contribution in [1.29, 1.82) is 0 Å². The lowest BCUT2D eigenvalue weighted by molar-refractivity contribution is -0.136. The molecule has 0 fully saturated rings. The number of nitrogens with one attached hydrogen (secondary N) is 1. The molecule has 0 radical (unpaired) electrons. The number of carbonyl (C=O) groups is 3. The number of carboxylic acids is 1. The molecule has 1 aliphatic carbocycles. The fourth-order valence-electron chi connectivity index (χ4n) is 4.83. The van der Waals surface area contributed by atoms with Crippen LogP contribution in [-0.4, -0.2) is 29.9 Å². The molecule has 3 aromatic carbocycles. The van der Waals surface area contributed by atoms with Gasteiger partial charge in [0, 0.05) is 28.3 Å². The Labute approximate surface area is 235 Å². The molecule has 0 saturated heterocycles. The van der Waals surface area contributed by atoms with Crippen molar-refractivity contribution < 1.29 is 29.0 Å². The SMILES string of the molecule is COC(=O)C1=C(C)NC2=C(C(=O)c3ccccc32)[C@@H]1c1cc(Br)c(OCc2ccc(C(=O)O)cc2)c(Br)c1. The number of ether oxygens (including phenoxy) is 2. The number of ketones is 1. The van der Waals surface area contributed by atoms with Crippen molar-refractivity contribution in [2.45, 2.75) is 19.4 Å². The Kier molecular flexibility index (Phi) is 6.98. The van der Waals surface area contributed by atoms with Gasteiger partial charge >= 0.3 is 11.9 Å². The van der Waals surface area contributed by atoms with Crippen molar-refractivity contribution in [1.82, 2.24) is 5.32 Å². The summed E-state index contributed by atoms with van der Waals surface area (Å²) in [5.41, 5.74) is 5.24. The Bertz CT molecular complexity index is 1550. The molecule has 2 aliphatic rings. The van der Waals surface area contributed by atoms with Gasteiger partial charge in [-0.2, -0.15) is 0 Å². The van der Waals surface area contributed by atoms with Crippen LogP contribution in [0.4, 0.5) is 0 Å². The summed E-state index contributed by atoms with van der Waals surface area (Å²) in [5, 5.41) is 12.4. The molecule has 1 heterocycles. The van der Waals surface area contributed by atoms with E-state index in [-0.39, 0.29) is 18.0 Å². The molecule has 0 saturated carbocycles. The Balaban J connectivity index is 1.53. The summed E-state index contributed by atoms with van der Waals surface area (Å²) < 4.78 is 12.4. The number of benzene rings is 3. The van der Waals surface area contributed by atoms with Crippen LogP contribution in [0.1, 0.15) is 50.2 Å². The Morgan fingerprint density at radius 1 is 1.00 bits per heavy atom. The number of halogens is 2. The summed E-state index contributed by atoms with van der Waals surface area (Å²) in [6.07, 6.45) is 0. The van der Waals surface area contributed by atoms with Gasteiger partial charge in [0.15, 0.2) is 5.78 Å². The van der Waals surface area contributed by atoms with E-state index >= 15 is 0 Å². The van der Waals surface area contributed by atoms with Crippen molar-refractivity contribution >= 4 is 55.3 Å². The average molecular weight is 639 g/mol. The zero-order valence-electron chi connectivity index (χ0n) is 20.3. The molecule has 5 rings (SSSR count). The quantitative estimate of drug-likeness (QED) is 0.309. The van der Waals surface area contributed by atoms with Gasteiger partial charge in [-0.25, -0.2) is 9.59 Å². The monoisotopic (exact) mass is 637 g/mol. The highest BCUT2D eigenvalue weighted by Crippen LogP contribution is 2.48. The number of carbonyl (C=O) groups excluding carboxylic acids is 2. The summed E-state index contributed by atoms with van der Waals surface area (Å²) in [7, 11) is 1.32. The predicted octanol–water partition coefficient (Wildman–Crippen LogP) is 6.23. The first-order valence-corrected chi connectivity index (χ1v) is 13.2. The molecule has 38 heavy (non-hydrogen) atoms. The Morgan fingerprint density at radius 2 is 1.63 bits per heavy atom. The van der Waals surface area contributed by atoms with Crippen molar-refractivity contribution in [3.63, 3.8) is 0 Å². The lowest BCUT2D eigenvalue weighted by Gasteiger charge is -2.29. The zero-order chi connectivity index (χ0) is 27.1. The van der Waals surface area contributed by atoms with Crippen molar-refractivity contribution in [3.05, 3.63) is 114 Å². The second kappa shape index (κ2) is 10.2. The lowest BCUT2D eigenvalue weighted by Crippen LogP contribution is -2.29. The molecule has 1 atom stereocenters. The number of esters is 1. The predicted molar refractivity (Wildman–Crippen MR) is 148 cm³/mol. The first-order valence-electron chi connectivity index (χ1n) is 11.6. The summed E-state index contributed by atoms with van der Waals surface area (Å²) in [5.74, 6) is -1.79. The molecule has 3 aromatic rings. The number of hydrogen-bond acceptors (Lipinski definition) is 6. The number of aromatic carboxylic acids is 1. The molecule has 0 aromatic heterocycles. The van der Waals surface area contributed by atoms with Gasteiger partial charge in [0.2, 0.25) is 0 Å². The molecule has 1 aliphatic heterocycles. The van der Waals surface area contributed by atoms with Gasteiger partial charge in [-0.15, -0.1) is 0 Å². The van der Waals surface area contributed by atoms with Crippen molar-refractivity contribution in [2.75, 3.05) is 7.11 Å². The second-order valence-corrected chi connectivity index (χ2v) is 10.6. The maximum absolute atomic E-state index is 13.6. The summed E-state index contributed by atoms with van der Waals surface area (Å²) in [4.78, 5) is 37.6. The molecular formula is C29H21Br2NO6. The van der Waals surface area contributed by atoms with E-state index in [9.17, 15) is 14.4 Å². The number of rotatable bonds is 6. The Morgan fingerprint density at radius 3 is 2.24 bits per heavy atom. The van der Waals surface area contributed by atoms with E-state index in [2.05, 4.69) is 37.2 Å². The number of fused-ring (bicyclic) bond motifs is 2. The van der Waals surface area contributed by atoms with Crippen LogP contribution in [0.2, 0.25) is 0 Å². The minimum atomic E-state index is -0.991. The third-order valence-corrected chi connectivity index (χ3v) is 7.77. The summed E-state index contributed by atoms with van der Waals surface area (Å²) >= 11 is 7.18. The van der Waals surface area contributed by atoms with Gasteiger partial charge in [0.25, 0.3) is 0 Å². The summed E-state index contributed by atoms with van der Waals surface area (Å²) in [6.45, 7) is 2.00. The van der Waals surface area contributed by atoms with Gasteiger partial charge in [-0.05, 0) is 74.2 Å². The van der Waals surface area contributed by atoms with Crippen LogP contribution in [0.5, 0.6) is 5.75 Å². The van der Waals surface area contributed by atoms with Gasteiger partial charge in [0.1, 0.15) is 12.4 Å². The molecular weight excluding hydrogens is 618 g/mol. The van der Waals surface area contributed by atoms with Crippen LogP contribution in [0.25, 0.3) is 5.70 Å². The molecule has 9 heteroatoms. The fraction of sp³-hybridized carbons (Fsp3) is 0.138. The highest BCUT2D eigenvalue weighted by atomic mass is 79.9. The van der Waals surface area contributed by atoms with E-state index in [4.69, 9.17) is 14.6 Å². The maximum atomic E-state index is 13.6. The molecule has 7 nitrogen and oxygen atoms in total. The first kappa shape index (κ1) is 25.9. The van der Waals surface area contributed by atoms with Gasteiger partial charge < -0.3 is 19.9 Å². The highest BCUT2D eigenvalue weighted by Gasteiger charge is 2.43. The molecule has 2 N–H and O–H groups in total. The third-order valence-electron chi connectivity index (χ3n) is 6.59. The number of hydrogen-bond donors (Lipinski definition) is 2. The van der Waals surface area contributed by atoms with E-state index in [1.165, 1.54) is 19.2 Å². The number of Topliss-reactive ketones (excluding diaryl/α,β-unsaturated/α-hetero) is 1. The average Bonchev–Trinajstić information content (AvgIpc) is 3.18. The number of allylic oxidation sites excluding steroid dienone is 2. The van der Waals surface area contributed by atoms with Gasteiger partial charge in [-0.3, -0.25) is 4.79 Å². The van der Waals surface area contributed by atoms with Gasteiger partial charge in [-0.1, -0.05) is 36.4 Å². The maximum Gasteiger partial charge on any atom is 0.336 e. The smallest absolute Gasteiger partial charge is 0.336 e. The zero-order valence-corrected chi connectivity index (χ0v) is 23.5. The minimum Gasteiger partial charge on any atom is -0.487 e. The Hall–Kier alpha value is -3.69. The van der Waals surface area contributed by atoms with Crippen LogP contribution in [-0.2, 0) is 16.1 Å². The van der Waals surface area contributed by atoms with E-state index < -0.39 is 17.9 Å². The number of carboxylic acid groups (broad SMARTS) is 1. The van der Waals surface area contributed by atoms with Crippen molar-refractivity contribution in [2.24, 2.45) is 0 Å². The van der Waals surface area contributed by atoms with Crippen LogP contribution >= 0.6 is 31.9 Å². The topological polar surface area (TPSA) is 102 Å². The van der Waals surface area contributed by atoms with Crippen molar-refractivity contribution in [3.8, 4) is 5.75 Å². The third kappa shape index (κ3) is 4.46. The highest BCUT2D eigenvalue weighted by molar-refractivity contribution is 9.11. The second-order valence-electron chi connectivity index (χ2n) is 8.86. The van der Waals surface area contributed by atoms with Crippen LogP contribution in [0.3, 0.4) is 0 Å². The fourth-order valence-corrected chi connectivity index (χ4v) is 6.28. The van der Waals surface area contributed by atoms with Crippen LogP contribution in [0.15, 0.2) is 86.5 Å². The number of dihydropyridines is 1. The lowest BCUT2D eigenvalue weighted by atomic mass is 9.80. The van der Waals surface area contributed by atoms with Crippen LogP contribution < -0.4 is 10.1 Å². The number of methoxy groups -OCH3 is 1.